The van der Waals surface area contributed by atoms with E-state index >= 15 is 0 Å². The number of carboxylic acid groups (broad SMARTS) is 1. The second-order valence-corrected chi connectivity index (χ2v) is 7.14. The molecule has 1 amide bonds. The van der Waals surface area contributed by atoms with Gasteiger partial charge in [-0.15, -0.1) is 11.3 Å². The van der Waals surface area contributed by atoms with Crippen LogP contribution < -0.4 is 5.32 Å². The molecule has 6 nitrogen and oxygen atoms in total. The van der Waals surface area contributed by atoms with Gasteiger partial charge in [0.2, 0.25) is 5.91 Å². The van der Waals surface area contributed by atoms with Crippen LogP contribution in [-0.2, 0) is 27.2 Å². The number of nitrogens with one attached hydrogen (secondary N) is 1. The van der Waals surface area contributed by atoms with Crippen LogP contribution in [0.3, 0.4) is 0 Å². The molecule has 7 heteroatoms. The van der Waals surface area contributed by atoms with Gasteiger partial charge in [0.1, 0.15) is 5.00 Å². The maximum absolute atomic E-state index is 12.2. The third kappa shape index (κ3) is 3.10. The number of anilines is 1. The summed E-state index contributed by atoms with van der Waals surface area (Å²) in [6.45, 7) is 0. The number of ether oxygens (including phenoxy) is 1. The van der Waals surface area contributed by atoms with Crippen molar-refractivity contribution in [3.8, 4) is 0 Å². The number of esters is 1. The summed E-state index contributed by atoms with van der Waals surface area (Å²) >= 11 is 1.42. The molecule has 3 rings (SSSR count). The standard InChI is InChI=1S/C16H19NO5S/c1-22-16(21)12-8-5-3-2-4-6-11(8)23-14(12)17-13(18)9-7-10(9)15(19)20/h9-10H,2-7H2,1H3,(H,17,18)(H,19,20). The Morgan fingerprint density at radius 1 is 1.17 bits per heavy atom. The molecule has 23 heavy (non-hydrogen) atoms. The van der Waals surface area contributed by atoms with Crippen molar-refractivity contribution >= 4 is 34.2 Å². The number of thiophene rings is 1. The maximum atomic E-state index is 12.2. The Kier molecular flexibility index (Phi) is 4.39. The monoisotopic (exact) mass is 337 g/mol. The fraction of sp³-hybridized carbons (Fsp3) is 0.562. The molecule has 2 unspecified atom stereocenters. The number of hydrogen-bond donors (Lipinski definition) is 2. The summed E-state index contributed by atoms with van der Waals surface area (Å²) in [5.74, 6) is -2.81. The molecular formula is C16H19NO5S. The highest BCUT2D eigenvalue weighted by Crippen LogP contribution is 2.42. The first kappa shape index (κ1) is 16.0. The maximum Gasteiger partial charge on any atom is 0.341 e. The molecule has 0 saturated heterocycles. The minimum absolute atomic E-state index is 0.320. The number of rotatable bonds is 4. The largest absolute Gasteiger partial charge is 0.481 e. The van der Waals surface area contributed by atoms with Crippen molar-refractivity contribution in [3.63, 3.8) is 0 Å². The highest BCUT2D eigenvalue weighted by Gasteiger charge is 2.48. The lowest BCUT2D eigenvalue weighted by Crippen LogP contribution is -2.18. The fourth-order valence-corrected chi connectivity index (χ4v) is 4.39. The third-order valence-corrected chi connectivity index (χ3v) is 5.70. The summed E-state index contributed by atoms with van der Waals surface area (Å²) in [6.07, 6.45) is 5.30. The van der Waals surface area contributed by atoms with Crippen LogP contribution in [0.1, 0.15) is 46.5 Å². The van der Waals surface area contributed by atoms with E-state index in [1.165, 1.54) is 18.4 Å². The van der Waals surface area contributed by atoms with Gasteiger partial charge in [0, 0.05) is 4.88 Å². The van der Waals surface area contributed by atoms with Crippen molar-refractivity contribution in [1.82, 2.24) is 0 Å². The van der Waals surface area contributed by atoms with Gasteiger partial charge in [-0.25, -0.2) is 4.79 Å². The van der Waals surface area contributed by atoms with Crippen LogP contribution in [0.4, 0.5) is 5.00 Å². The number of hydrogen-bond acceptors (Lipinski definition) is 5. The lowest BCUT2D eigenvalue weighted by molar-refractivity contribution is -0.139. The quantitative estimate of drug-likeness (QED) is 0.650. The van der Waals surface area contributed by atoms with E-state index in [0.29, 0.717) is 17.0 Å². The van der Waals surface area contributed by atoms with Gasteiger partial charge in [-0.2, -0.15) is 0 Å². The zero-order valence-electron chi connectivity index (χ0n) is 12.9. The molecule has 0 spiro atoms. The molecule has 2 aliphatic rings. The van der Waals surface area contributed by atoms with E-state index < -0.39 is 23.8 Å². The molecule has 1 aromatic heterocycles. The second kappa shape index (κ2) is 6.31. The van der Waals surface area contributed by atoms with Gasteiger partial charge in [0.25, 0.3) is 0 Å². The van der Waals surface area contributed by atoms with E-state index in [2.05, 4.69) is 5.32 Å². The summed E-state index contributed by atoms with van der Waals surface area (Å²) in [6, 6.07) is 0. The first-order valence-corrected chi connectivity index (χ1v) is 8.61. The lowest BCUT2D eigenvalue weighted by atomic mass is 10.1. The predicted octanol–water partition coefficient (Wildman–Crippen LogP) is 2.46. The van der Waals surface area contributed by atoms with Crippen molar-refractivity contribution in [1.29, 1.82) is 0 Å². The van der Waals surface area contributed by atoms with Gasteiger partial charge in [-0.3, -0.25) is 9.59 Å². The average molecular weight is 337 g/mol. The van der Waals surface area contributed by atoms with E-state index in [1.54, 1.807) is 0 Å². The van der Waals surface area contributed by atoms with Crippen LogP contribution in [0.5, 0.6) is 0 Å². The van der Waals surface area contributed by atoms with Crippen LogP contribution in [-0.4, -0.2) is 30.1 Å². The lowest BCUT2D eigenvalue weighted by Gasteiger charge is -2.07. The minimum Gasteiger partial charge on any atom is -0.481 e. The first-order chi connectivity index (χ1) is 11.0. The van der Waals surface area contributed by atoms with Crippen LogP contribution in [0.2, 0.25) is 0 Å². The van der Waals surface area contributed by atoms with Gasteiger partial charge in [-0.05, 0) is 37.7 Å². The smallest absolute Gasteiger partial charge is 0.341 e. The van der Waals surface area contributed by atoms with Crippen LogP contribution in [0, 0.1) is 11.8 Å². The molecule has 0 aromatic carbocycles. The molecular weight excluding hydrogens is 318 g/mol. The van der Waals surface area contributed by atoms with Gasteiger partial charge in [-0.1, -0.05) is 6.42 Å². The van der Waals surface area contributed by atoms with Crippen molar-refractivity contribution in [2.45, 2.75) is 38.5 Å². The average Bonchev–Trinajstić information content (AvgIpc) is 3.29. The highest BCUT2D eigenvalue weighted by molar-refractivity contribution is 7.17. The fourth-order valence-electron chi connectivity index (χ4n) is 3.11. The SMILES string of the molecule is COC(=O)c1c(NC(=O)C2CC2C(=O)O)sc2c1CCCCC2. The Labute approximate surface area is 137 Å². The Hall–Kier alpha value is -1.89. The number of methoxy groups -OCH3 is 1. The number of carboxylic acids is 1. The Balaban J connectivity index is 1.85. The highest BCUT2D eigenvalue weighted by atomic mass is 32.1. The normalized spacial score (nSPS) is 22.7. The van der Waals surface area contributed by atoms with Crippen molar-refractivity contribution in [2.24, 2.45) is 11.8 Å². The number of carbonyl (C=O) groups excluding carboxylic acids is 2. The summed E-state index contributed by atoms with van der Waals surface area (Å²) in [5.41, 5.74) is 1.44. The Bertz CT molecular complexity index is 666. The van der Waals surface area contributed by atoms with Crippen molar-refractivity contribution in [2.75, 3.05) is 12.4 Å². The summed E-state index contributed by atoms with van der Waals surface area (Å²) in [4.78, 5) is 36.4. The number of carbonyl (C=O) groups is 3. The van der Waals surface area contributed by atoms with E-state index in [-0.39, 0.29) is 5.91 Å². The molecule has 0 aliphatic heterocycles. The molecule has 2 aliphatic carbocycles. The number of amides is 1. The minimum atomic E-state index is -0.944. The number of aliphatic carboxylic acids is 1. The molecule has 1 saturated carbocycles. The van der Waals surface area contributed by atoms with Crippen molar-refractivity contribution in [3.05, 3.63) is 16.0 Å². The zero-order chi connectivity index (χ0) is 16.6. The molecule has 2 atom stereocenters. The number of fused-ring (bicyclic) bond motifs is 1. The molecule has 1 heterocycles. The summed E-state index contributed by atoms with van der Waals surface area (Å²) < 4.78 is 4.88. The van der Waals surface area contributed by atoms with Gasteiger partial charge < -0.3 is 15.2 Å². The molecule has 124 valence electrons. The van der Waals surface area contributed by atoms with E-state index in [0.717, 1.165) is 42.5 Å². The summed E-state index contributed by atoms with van der Waals surface area (Å²) in [7, 11) is 1.33. The van der Waals surface area contributed by atoms with E-state index in [9.17, 15) is 14.4 Å². The third-order valence-electron chi connectivity index (χ3n) is 4.49. The van der Waals surface area contributed by atoms with Gasteiger partial charge in [0.05, 0.1) is 24.5 Å². The van der Waals surface area contributed by atoms with Crippen LogP contribution >= 0.6 is 11.3 Å². The second-order valence-electron chi connectivity index (χ2n) is 6.04. The summed E-state index contributed by atoms with van der Waals surface area (Å²) in [5, 5.41) is 12.2. The Morgan fingerprint density at radius 3 is 2.57 bits per heavy atom. The van der Waals surface area contributed by atoms with Crippen LogP contribution in [0.25, 0.3) is 0 Å². The van der Waals surface area contributed by atoms with Gasteiger partial charge >= 0.3 is 11.9 Å². The molecule has 2 N–H and O–H groups in total. The van der Waals surface area contributed by atoms with Gasteiger partial charge in [0.15, 0.2) is 0 Å². The molecule has 1 fully saturated rings. The Morgan fingerprint density at radius 2 is 1.91 bits per heavy atom. The molecule has 0 radical (unpaired) electrons. The van der Waals surface area contributed by atoms with Crippen molar-refractivity contribution < 1.29 is 24.2 Å². The van der Waals surface area contributed by atoms with E-state index in [1.807, 2.05) is 0 Å². The van der Waals surface area contributed by atoms with Crippen LogP contribution in [0.15, 0.2) is 0 Å². The first-order valence-electron chi connectivity index (χ1n) is 7.79. The number of aryl methyl sites for hydroxylation is 1. The molecule has 1 aromatic rings. The zero-order valence-corrected chi connectivity index (χ0v) is 13.7. The van der Waals surface area contributed by atoms with E-state index in [4.69, 9.17) is 9.84 Å². The molecule has 0 bridgehead atoms. The predicted molar refractivity (Wildman–Crippen MR) is 84.8 cm³/mol. The topological polar surface area (TPSA) is 92.7 Å².